The zero-order chi connectivity index (χ0) is 18.1. The summed E-state index contributed by atoms with van der Waals surface area (Å²) < 4.78 is 5.90. The Bertz CT molecular complexity index is 731. The normalized spacial score (nSPS) is 22.6. The zero-order valence-electron chi connectivity index (χ0n) is 15.7. The lowest BCUT2D eigenvalue weighted by Gasteiger charge is -2.40. The maximum atomic E-state index is 12.0. The Morgan fingerprint density at radius 3 is 2.69 bits per heavy atom. The lowest BCUT2D eigenvalue weighted by atomic mass is 9.95. The molecule has 0 spiro atoms. The number of benzene rings is 1. The summed E-state index contributed by atoms with van der Waals surface area (Å²) in [6.07, 6.45) is 1.72. The van der Waals surface area contributed by atoms with Gasteiger partial charge >= 0.3 is 0 Å². The molecule has 2 saturated heterocycles. The van der Waals surface area contributed by atoms with Gasteiger partial charge in [0.1, 0.15) is 5.52 Å². The van der Waals surface area contributed by atoms with Crippen LogP contribution in [0, 0.1) is 5.92 Å². The SMILES string of the molecule is CC(C)N1CC(CN2CCN(c3nc4ccccc4o3)CC2)CCC1=O. The van der Waals surface area contributed by atoms with Crippen molar-refractivity contribution >= 4 is 23.0 Å². The molecule has 1 aromatic heterocycles. The number of hydrogen-bond acceptors (Lipinski definition) is 5. The van der Waals surface area contributed by atoms with Crippen LogP contribution in [0.25, 0.3) is 11.1 Å². The number of amides is 1. The van der Waals surface area contributed by atoms with E-state index >= 15 is 0 Å². The van der Waals surface area contributed by atoms with Crippen LogP contribution in [0.5, 0.6) is 0 Å². The van der Waals surface area contributed by atoms with Crippen molar-refractivity contribution in [3.8, 4) is 0 Å². The van der Waals surface area contributed by atoms with E-state index in [4.69, 9.17) is 4.42 Å². The summed E-state index contributed by atoms with van der Waals surface area (Å²) in [6.45, 7) is 10.1. The van der Waals surface area contributed by atoms with Gasteiger partial charge in [-0.15, -0.1) is 0 Å². The molecule has 0 saturated carbocycles. The molecule has 0 N–H and O–H groups in total. The van der Waals surface area contributed by atoms with Crippen LogP contribution in [0.4, 0.5) is 6.01 Å². The van der Waals surface area contributed by atoms with Gasteiger partial charge in [-0.1, -0.05) is 12.1 Å². The Hall–Kier alpha value is -2.08. The number of para-hydroxylation sites is 2. The van der Waals surface area contributed by atoms with Crippen LogP contribution >= 0.6 is 0 Å². The molecule has 1 amide bonds. The fourth-order valence-electron chi connectivity index (χ4n) is 4.07. The molecule has 2 aromatic rings. The van der Waals surface area contributed by atoms with Crippen molar-refractivity contribution in [1.29, 1.82) is 0 Å². The van der Waals surface area contributed by atoms with E-state index in [-0.39, 0.29) is 0 Å². The zero-order valence-corrected chi connectivity index (χ0v) is 15.7. The highest BCUT2D eigenvalue weighted by molar-refractivity contribution is 5.77. The van der Waals surface area contributed by atoms with Gasteiger partial charge in [0.15, 0.2) is 5.58 Å². The Kier molecular flexibility index (Phi) is 4.85. The molecule has 1 atom stereocenters. The molecule has 26 heavy (non-hydrogen) atoms. The predicted molar refractivity (Wildman–Crippen MR) is 102 cm³/mol. The number of aromatic nitrogens is 1. The van der Waals surface area contributed by atoms with Crippen LogP contribution < -0.4 is 4.90 Å². The molecule has 1 aromatic carbocycles. The monoisotopic (exact) mass is 356 g/mol. The minimum Gasteiger partial charge on any atom is -0.423 e. The van der Waals surface area contributed by atoms with Crippen LogP contribution in [-0.4, -0.2) is 66.0 Å². The van der Waals surface area contributed by atoms with Crippen molar-refractivity contribution in [2.45, 2.75) is 32.7 Å². The number of oxazole rings is 1. The third kappa shape index (κ3) is 3.56. The summed E-state index contributed by atoms with van der Waals surface area (Å²) >= 11 is 0. The Morgan fingerprint density at radius 1 is 1.19 bits per heavy atom. The van der Waals surface area contributed by atoms with E-state index in [9.17, 15) is 4.79 Å². The van der Waals surface area contributed by atoms with Gasteiger partial charge in [-0.05, 0) is 38.3 Å². The summed E-state index contributed by atoms with van der Waals surface area (Å²) in [5.41, 5.74) is 1.77. The number of piperidine rings is 1. The summed E-state index contributed by atoms with van der Waals surface area (Å²) in [5.74, 6) is 0.906. The van der Waals surface area contributed by atoms with E-state index < -0.39 is 0 Å². The molecule has 6 nitrogen and oxygen atoms in total. The van der Waals surface area contributed by atoms with E-state index in [0.717, 1.165) is 62.8 Å². The first-order chi connectivity index (χ1) is 12.6. The second-order valence-corrected chi connectivity index (χ2v) is 7.80. The first kappa shape index (κ1) is 17.3. The predicted octanol–water partition coefficient (Wildman–Crippen LogP) is 2.60. The minimum absolute atomic E-state index is 0.307. The lowest BCUT2D eigenvalue weighted by molar-refractivity contribution is -0.137. The third-order valence-electron chi connectivity index (χ3n) is 5.61. The van der Waals surface area contributed by atoms with Gasteiger partial charge in [0.25, 0.3) is 6.01 Å². The minimum atomic E-state index is 0.307. The van der Waals surface area contributed by atoms with Gasteiger partial charge < -0.3 is 14.2 Å². The van der Waals surface area contributed by atoms with Gasteiger partial charge in [-0.25, -0.2) is 0 Å². The molecule has 2 fully saturated rings. The van der Waals surface area contributed by atoms with Crippen LogP contribution in [0.15, 0.2) is 28.7 Å². The molecule has 0 radical (unpaired) electrons. The summed E-state index contributed by atoms with van der Waals surface area (Å²) in [4.78, 5) is 23.5. The van der Waals surface area contributed by atoms with Gasteiger partial charge in [0.2, 0.25) is 5.91 Å². The molecule has 2 aliphatic heterocycles. The molecule has 140 valence electrons. The van der Waals surface area contributed by atoms with Crippen LogP contribution in [0.3, 0.4) is 0 Å². The molecule has 6 heteroatoms. The van der Waals surface area contributed by atoms with Crippen molar-refractivity contribution in [1.82, 2.24) is 14.8 Å². The van der Waals surface area contributed by atoms with Crippen LogP contribution in [0.1, 0.15) is 26.7 Å². The fraction of sp³-hybridized carbons (Fsp3) is 0.600. The quantitative estimate of drug-likeness (QED) is 0.843. The molecule has 0 aliphatic carbocycles. The van der Waals surface area contributed by atoms with Crippen molar-refractivity contribution in [3.63, 3.8) is 0 Å². The highest BCUT2D eigenvalue weighted by Gasteiger charge is 2.29. The number of piperazine rings is 1. The Morgan fingerprint density at radius 2 is 1.96 bits per heavy atom. The molecule has 4 rings (SSSR count). The number of hydrogen-bond donors (Lipinski definition) is 0. The first-order valence-electron chi connectivity index (χ1n) is 9.72. The van der Waals surface area contributed by atoms with Gasteiger partial charge in [0.05, 0.1) is 0 Å². The maximum absolute atomic E-state index is 12.0. The standard InChI is InChI=1S/C20H28N4O2/c1-15(2)24-14-16(7-8-19(24)25)13-22-9-11-23(12-10-22)20-21-17-5-3-4-6-18(17)26-20/h3-6,15-16H,7-14H2,1-2H3. The number of carbonyl (C=O) groups excluding carboxylic acids is 1. The number of fused-ring (bicyclic) bond motifs is 1. The van der Waals surface area contributed by atoms with E-state index in [0.29, 0.717) is 24.3 Å². The second-order valence-electron chi connectivity index (χ2n) is 7.80. The number of likely N-dealkylation sites (tertiary alicyclic amines) is 1. The average Bonchev–Trinajstić information content (AvgIpc) is 3.08. The van der Waals surface area contributed by atoms with Gasteiger partial charge in [-0.2, -0.15) is 4.98 Å². The molecule has 2 aliphatic rings. The number of nitrogens with zero attached hydrogens (tertiary/aromatic N) is 4. The van der Waals surface area contributed by atoms with Gasteiger partial charge in [0, 0.05) is 51.7 Å². The highest BCUT2D eigenvalue weighted by atomic mass is 16.4. The van der Waals surface area contributed by atoms with Crippen molar-refractivity contribution in [2.75, 3.05) is 44.2 Å². The molecular weight excluding hydrogens is 328 g/mol. The highest BCUT2D eigenvalue weighted by Crippen LogP contribution is 2.24. The Labute approximate surface area is 154 Å². The lowest BCUT2D eigenvalue weighted by Crippen LogP contribution is -2.51. The number of anilines is 1. The number of rotatable bonds is 4. The third-order valence-corrected chi connectivity index (χ3v) is 5.61. The van der Waals surface area contributed by atoms with E-state index in [1.165, 1.54) is 0 Å². The van der Waals surface area contributed by atoms with Crippen LogP contribution in [-0.2, 0) is 4.79 Å². The summed E-state index contributed by atoms with van der Waals surface area (Å²) in [5, 5.41) is 0. The van der Waals surface area contributed by atoms with Crippen molar-refractivity contribution in [3.05, 3.63) is 24.3 Å². The van der Waals surface area contributed by atoms with Gasteiger partial charge in [-0.3, -0.25) is 9.69 Å². The average molecular weight is 356 g/mol. The second kappa shape index (κ2) is 7.27. The summed E-state index contributed by atoms with van der Waals surface area (Å²) in [6, 6.07) is 8.96. The van der Waals surface area contributed by atoms with E-state index in [2.05, 4.69) is 28.6 Å². The van der Waals surface area contributed by atoms with Crippen molar-refractivity contribution in [2.24, 2.45) is 5.92 Å². The number of carbonyl (C=O) groups is 1. The largest absolute Gasteiger partial charge is 0.423 e. The first-order valence-corrected chi connectivity index (χ1v) is 9.72. The Balaban J connectivity index is 1.31. The topological polar surface area (TPSA) is 52.8 Å². The molecule has 0 bridgehead atoms. The molecule has 1 unspecified atom stereocenters. The maximum Gasteiger partial charge on any atom is 0.298 e. The molecular formula is C20H28N4O2. The fourth-order valence-corrected chi connectivity index (χ4v) is 4.07. The summed E-state index contributed by atoms with van der Waals surface area (Å²) in [7, 11) is 0. The van der Waals surface area contributed by atoms with E-state index in [1.54, 1.807) is 0 Å². The molecule has 3 heterocycles. The smallest absolute Gasteiger partial charge is 0.298 e. The van der Waals surface area contributed by atoms with E-state index in [1.807, 2.05) is 29.2 Å². The van der Waals surface area contributed by atoms with Crippen LogP contribution in [0.2, 0.25) is 0 Å². The van der Waals surface area contributed by atoms with Crippen molar-refractivity contribution < 1.29 is 9.21 Å².